The summed E-state index contributed by atoms with van der Waals surface area (Å²) in [7, 11) is 0. The van der Waals surface area contributed by atoms with Gasteiger partial charge >= 0.3 is 0 Å². The summed E-state index contributed by atoms with van der Waals surface area (Å²) in [6.45, 7) is 0. The molecule has 0 saturated carbocycles. The molecule has 0 radical (unpaired) electrons. The molecular formula is C13H13N3S2. The van der Waals surface area contributed by atoms with Crippen LogP contribution in [0.2, 0.25) is 0 Å². The van der Waals surface area contributed by atoms with Crippen LogP contribution in [-0.4, -0.2) is 4.98 Å². The summed E-state index contributed by atoms with van der Waals surface area (Å²) in [5.41, 5.74) is 6.37. The number of thiophene rings is 2. The van der Waals surface area contributed by atoms with Gasteiger partial charge in [0.25, 0.3) is 0 Å². The number of aromatic nitrogens is 1. The number of nitrogens with one attached hydrogen (secondary N) is 1. The minimum absolute atomic E-state index is 0.110. The molecule has 3 heterocycles. The molecule has 3 aromatic heterocycles. The van der Waals surface area contributed by atoms with Gasteiger partial charge in [0.2, 0.25) is 0 Å². The molecule has 1 unspecified atom stereocenters. The second-order valence-corrected chi connectivity index (χ2v) is 5.86. The quantitative estimate of drug-likeness (QED) is 0.568. The van der Waals surface area contributed by atoms with Gasteiger partial charge in [-0.1, -0.05) is 0 Å². The Hall–Kier alpha value is -1.27. The number of hydrogen-bond donors (Lipinski definition) is 2. The first-order chi connectivity index (χ1) is 8.86. The Morgan fingerprint density at radius 3 is 3.06 bits per heavy atom. The molecule has 3 rings (SSSR count). The fourth-order valence-corrected chi connectivity index (χ4v) is 3.44. The molecule has 0 fully saturated rings. The lowest BCUT2D eigenvalue weighted by molar-refractivity contribution is 0.552. The van der Waals surface area contributed by atoms with Crippen molar-refractivity contribution < 1.29 is 0 Å². The molecule has 3 N–H and O–H groups in total. The lowest BCUT2D eigenvalue weighted by Gasteiger charge is -2.15. The monoisotopic (exact) mass is 275 g/mol. The zero-order valence-electron chi connectivity index (χ0n) is 9.67. The summed E-state index contributed by atoms with van der Waals surface area (Å²) >= 11 is 3.42. The summed E-state index contributed by atoms with van der Waals surface area (Å²) in [4.78, 5) is 4.46. The maximum atomic E-state index is 5.67. The van der Waals surface area contributed by atoms with E-state index in [1.807, 2.05) is 12.3 Å². The molecule has 0 aliphatic heterocycles. The smallest absolute Gasteiger partial charge is 0.0809 e. The second kappa shape index (κ2) is 5.16. The minimum Gasteiger partial charge on any atom is -0.271 e. The van der Waals surface area contributed by atoms with Crippen molar-refractivity contribution in [2.45, 2.75) is 12.5 Å². The Balaban J connectivity index is 1.90. The first-order valence-electron chi connectivity index (χ1n) is 5.67. The van der Waals surface area contributed by atoms with Gasteiger partial charge in [-0.3, -0.25) is 16.3 Å². The Morgan fingerprint density at radius 1 is 1.33 bits per heavy atom. The molecule has 1 atom stereocenters. The molecule has 3 nitrogen and oxygen atoms in total. The van der Waals surface area contributed by atoms with Crippen LogP contribution in [0.4, 0.5) is 0 Å². The Bertz CT molecular complexity index is 631. The van der Waals surface area contributed by atoms with Gasteiger partial charge < -0.3 is 0 Å². The normalized spacial score (nSPS) is 12.9. The molecule has 3 aromatic rings. The largest absolute Gasteiger partial charge is 0.271 e. The van der Waals surface area contributed by atoms with E-state index < -0.39 is 0 Å². The maximum Gasteiger partial charge on any atom is 0.0809 e. The van der Waals surface area contributed by atoms with Crippen LogP contribution in [0.5, 0.6) is 0 Å². The van der Waals surface area contributed by atoms with Gasteiger partial charge in [-0.2, -0.15) is 11.3 Å². The summed E-state index contributed by atoms with van der Waals surface area (Å²) in [6.07, 6.45) is 2.80. The molecule has 5 heteroatoms. The van der Waals surface area contributed by atoms with Crippen molar-refractivity contribution in [3.8, 4) is 0 Å². The summed E-state index contributed by atoms with van der Waals surface area (Å²) < 4.78 is 1.21. The van der Waals surface area contributed by atoms with Crippen LogP contribution in [0.15, 0.2) is 40.5 Å². The van der Waals surface area contributed by atoms with Gasteiger partial charge in [-0.25, -0.2) is 0 Å². The second-order valence-electron chi connectivity index (χ2n) is 4.13. The SMILES string of the molecule is NNC(Cc1ccsc1)c1cnc2ccsc2c1. The molecule has 0 aliphatic rings. The Kier molecular flexibility index (Phi) is 3.38. The molecule has 18 heavy (non-hydrogen) atoms. The van der Waals surface area contributed by atoms with E-state index in [4.69, 9.17) is 5.84 Å². The van der Waals surface area contributed by atoms with Gasteiger partial charge in [0.15, 0.2) is 0 Å². The molecule has 92 valence electrons. The third kappa shape index (κ3) is 2.30. The van der Waals surface area contributed by atoms with Crippen LogP contribution in [0.3, 0.4) is 0 Å². The predicted octanol–water partition coefficient (Wildman–Crippen LogP) is 3.10. The number of hydrazine groups is 1. The van der Waals surface area contributed by atoms with E-state index in [0.717, 1.165) is 17.5 Å². The molecule has 0 saturated heterocycles. The van der Waals surface area contributed by atoms with Crippen molar-refractivity contribution in [1.29, 1.82) is 0 Å². The van der Waals surface area contributed by atoms with E-state index >= 15 is 0 Å². The van der Waals surface area contributed by atoms with Crippen molar-refractivity contribution in [3.63, 3.8) is 0 Å². The highest BCUT2D eigenvalue weighted by atomic mass is 32.1. The standard InChI is InChI=1S/C13H13N3S2/c14-16-12(5-9-1-3-17-8-9)10-6-13-11(15-7-10)2-4-18-13/h1-4,6-8,12,16H,5,14H2. The minimum atomic E-state index is 0.110. The fourth-order valence-electron chi connectivity index (χ4n) is 1.97. The zero-order chi connectivity index (χ0) is 12.4. The highest BCUT2D eigenvalue weighted by Gasteiger charge is 2.12. The lowest BCUT2D eigenvalue weighted by atomic mass is 10.0. The number of hydrogen-bond acceptors (Lipinski definition) is 5. The van der Waals surface area contributed by atoms with Crippen LogP contribution >= 0.6 is 22.7 Å². The predicted molar refractivity (Wildman–Crippen MR) is 77.7 cm³/mol. The van der Waals surface area contributed by atoms with Crippen LogP contribution in [0.25, 0.3) is 10.2 Å². The fraction of sp³-hybridized carbons (Fsp3) is 0.154. The molecular weight excluding hydrogens is 262 g/mol. The van der Waals surface area contributed by atoms with Crippen LogP contribution in [-0.2, 0) is 6.42 Å². The molecule has 0 amide bonds. The van der Waals surface area contributed by atoms with E-state index in [1.165, 1.54) is 10.3 Å². The molecule has 0 bridgehead atoms. The van der Waals surface area contributed by atoms with E-state index in [-0.39, 0.29) is 6.04 Å². The maximum absolute atomic E-state index is 5.67. The van der Waals surface area contributed by atoms with E-state index in [0.29, 0.717) is 0 Å². The third-order valence-electron chi connectivity index (χ3n) is 2.95. The first-order valence-corrected chi connectivity index (χ1v) is 7.49. The zero-order valence-corrected chi connectivity index (χ0v) is 11.3. The first kappa shape index (κ1) is 11.8. The topological polar surface area (TPSA) is 50.9 Å². The Morgan fingerprint density at radius 2 is 2.28 bits per heavy atom. The lowest BCUT2D eigenvalue weighted by Crippen LogP contribution is -2.29. The van der Waals surface area contributed by atoms with Gasteiger partial charge in [0.1, 0.15) is 0 Å². The molecule has 0 aromatic carbocycles. The van der Waals surface area contributed by atoms with Crippen molar-refractivity contribution in [2.24, 2.45) is 5.84 Å². The van der Waals surface area contributed by atoms with Crippen LogP contribution < -0.4 is 11.3 Å². The molecule has 0 spiro atoms. The highest BCUT2D eigenvalue weighted by molar-refractivity contribution is 7.17. The van der Waals surface area contributed by atoms with Crippen molar-refractivity contribution in [3.05, 3.63) is 51.7 Å². The van der Waals surface area contributed by atoms with Gasteiger partial charge in [-0.15, -0.1) is 11.3 Å². The Labute approximate surface area is 113 Å². The number of nitrogens with zero attached hydrogens (tertiary/aromatic N) is 1. The van der Waals surface area contributed by atoms with Crippen molar-refractivity contribution in [2.75, 3.05) is 0 Å². The number of fused-ring (bicyclic) bond motifs is 1. The average molecular weight is 275 g/mol. The third-order valence-corrected chi connectivity index (χ3v) is 4.53. The van der Waals surface area contributed by atoms with Crippen LogP contribution in [0.1, 0.15) is 17.2 Å². The van der Waals surface area contributed by atoms with Gasteiger partial charge in [0.05, 0.1) is 16.3 Å². The van der Waals surface area contributed by atoms with E-state index in [2.05, 4.69) is 38.7 Å². The van der Waals surface area contributed by atoms with E-state index in [1.54, 1.807) is 22.7 Å². The van der Waals surface area contributed by atoms with Crippen molar-refractivity contribution in [1.82, 2.24) is 10.4 Å². The summed E-state index contributed by atoms with van der Waals surface area (Å²) in [5, 5.41) is 6.30. The van der Waals surface area contributed by atoms with Gasteiger partial charge in [-0.05, 0) is 51.9 Å². The number of pyridine rings is 1. The van der Waals surface area contributed by atoms with Crippen molar-refractivity contribution >= 4 is 32.9 Å². The number of rotatable bonds is 4. The highest BCUT2D eigenvalue weighted by Crippen LogP contribution is 2.24. The summed E-state index contributed by atoms with van der Waals surface area (Å²) in [6, 6.07) is 6.45. The van der Waals surface area contributed by atoms with E-state index in [9.17, 15) is 0 Å². The summed E-state index contributed by atoms with van der Waals surface area (Å²) in [5.74, 6) is 5.67. The van der Waals surface area contributed by atoms with Gasteiger partial charge in [0, 0.05) is 6.20 Å². The number of nitrogens with two attached hydrogens (primary N) is 1. The molecule has 0 aliphatic carbocycles. The average Bonchev–Trinajstić information content (AvgIpc) is 3.06. The van der Waals surface area contributed by atoms with Crippen LogP contribution in [0, 0.1) is 0 Å².